The molecule has 0 saturated heterocycles. The number of Topliss-reactive ketones (excluding diaryl/α,β-unsaturated/α-hetero) is 1. The molecule has 28 heavy (non-hydrogen) atoms. The number of pyridine rings is 1. The van der Waals surface area contributed by atoms with Gasteiger partial charge in [-0.2, -0.15) is 0 Å². The Kier molecular flexibility index (Phi) is 6.57. The number of ether oxygens (including phenoxy) is 2. The lowest BCUT2D eigenvalue weighted by molar-refractivity contribution is -0.128. The van der Waals surface area contributed by atoms with Crippen LogP contribution in [-0.2, 0) is 16.0 Å². The standard InChI is InChI=1S/C19H18ClN5O3/c1-3-28-18-11-22-8-14(25-18)12-4-5-13(23-7-12)6-16(26)19(27-2)15-9-21-10-17(20)24-15/h4-5,7-11,19H,3,6H2,1-2H3. The summed E-state index contributed by atoms with van der Waals surface area (Å²) in [4.78, 5) is 33.5. The van der Waals surface area contributed by atoms with Crippen LogP contribution in [0.4, 0.5) is 0 Å². The Morgan fingerprint density at radius 2 is 1.93 bits per heavy atom. The van der Waals surface area contributed by atoms with E-state index in [9.17, 15) is 4.79 Å². The third kappa shape index (κ3) is 4.85. The summed E-state index contributed by atoms with van der Waals surface area (Å²) < 4.78 is 10.6. The van der Waals surface area contributed by atoms with Crippen LogP contribution in [-0.4, -0.2) is 44.4 Å². The fourth-order valence-corrected chi connectivity index (χ4v) is 2.71. The molecule has 0 aliphatic rings. The van der Waals surface area contributed by atoms with E-state index in [1.54, 1.807) is 24.7 Å². The summed E-state index contributed by atoms with van der Waals surface area (Å²) in [7, 11) is 1.44. The van der Waals surface area contributed by atoms with Gasteiger partial charge in [0.1, 0.15) is 5.15 Å². The van der Waals surface area contributed by atoms with E-state index in [0.29, 0.717) is 29.6 Å². The molecule has 0 aliphatic heterocycles. The van der Waals surface area contributed by atoms with Crippen LogP contribution in [0, 0.1) is 0 Å². The van der Waals surface area contributed by atoms with Gasteiger partial charge in [-0.05, 0) is 19.1 Å². The molecule has 9 heteroatoms. The molecule has 0 aromatic carbocycles. The third-order valence-electron chi connectivity index (χ3n) is 3.80. The molecule has 1 unspecified atom stereocenters. The van der Waals surface area contributed by atoms with Crippen molar-refractivity contribution in [2.24, 2.45) is 0 Å². The summed E-state index contributed by atoms with van der Waals surface area (Å²) in [5.74, 6) is 0.252. The average molecular weight is 400 g/mol. The van der Waals surface area contributed by atoms with Gasteiger partial charge < -0.3 is 9.47 Å². The summed E-state index contributed by atoms with van der Waals surface area (Å²) in [6, 6.07) is 3.59. The number of methoxy groups -OCH3 is 1. The van der Waals surface area contributed by atoms with Crippen molar-refractivity contribution in [3.05, 3.63) is 59.7 Å². The zero-order valence-corrected chi connectivity index (χ0v) is 16.1. The van der Waals surface area contributed by atoms with Crippen molar-refractivity contribution in [3.63, 3.8) is 0 Å². The van der Waals surface area contributed by atoms with Crippen molar-refractivity contribution < 1.29 is 14.3 Å². The van der Waals surface area contributed by atoms with Gasteiger partial charge in [0.25, 0.3) is 0 Å². The van der Waals surface area contributed by atoms with Gasteiger partial charge in [-0.1, -0.05) is 11.6 Å². The summed E-state index contributed by atoms with van der Waals surface area (Å²) in [6.45, 7) is 2.39. The predicted octanol–water partition coefficient (Wildman–Crippen LogP) is 2.88. The van der Waals surface area contributed by atoms with Gasteiger partial charge >= 0.3 is 0 Å². The molecule has 8 nitrogen and oxygen atoms in total. The molecule has 3 aromatic heterocycles. The molecular weight excluding hydrogens is 382 g/mol. The van der Waals surface area contributed by atoms with E-state index in [0.717, 1.165) is 5.56 Å². The van der Waals surface area contributed by atoms with Gasteiger partial charge in [0.05, 0.1) is 49.2 Å². The number of rotatable bonds is 8. The Hall–Kier alpha value is -2.97. The Balaban J connectivity index is 1.73. The first-order valence-electron chi connectivity index (χ1n) is 8.53. The van der Waals surface area contributed by atoms with E-state index in [2.05, 4.69) is 24.9 Å². The van der Waals surface area contributed by atoms with Crippen LogP contribution in [0.25, 0.3) is 11.3 Å². The minimum absolute atomic E-state index is 0.0810. The largest absolute Gasteiger partial charge is 0.477 e. The first kappa shape index (κ1) is 19.8. The molecule has 144 valence electrons. The van der Waals surface area contributed by atoms with Crippen molar-refractivity contribution in [2.45, 2.75) is 19.4 Å². The summed E-state index contributed by atoms with van der Waals surface area (Å²) in [5, 5.41) is 0.199. The second-order valence-electron chi connectivity index (χ2n) is 5.74. The van der Waals surface area contributed by atoms with E-state index >= 15 is 0 Å². The highest BCUT2D eigenvalue weighted by Gasteiger charge is 2.22. The van der Waals surface area contributed by atoms with Gasteiger partial charge in [-0.3, -0.25) is 19.7 Å². The fourth-order valence-electron chi connectivity index (χ4n) is 2.56. The summed E-state index contributed by atoms with van der Waals surface area (Å²) in [6.07, 6.45) is 6.90. The highest BCUT2D eigenvalue weighted by atomic mass is 35.5. The molecule has 3 aromatic rings. The van der Waals surface area contributed by atoms with E-state index < -0.39 is 6.10 Å². The lowest BCUT2D eigenvalue weighted by Crippen LogP contribution is -2.19. The number of halogens is 1. The van der Waals surface area contributed by atoms with Gasteiger partial charge in [-0.15, -0.1) is 0 Å². The second-order valence-corrected chi connectivity index (χ2v) is 6.13. The number of hydrogen-bond acceptors (Lipinski definition) is 8. The topological polar surface area (TPSA) is 100.0 Å². The number of ketones is 1. The van der Waals surface area contributed by atoms with E-state index in [1.807, 2.05) is 13.0 Å². The smallest absolute Gasteiger partial charge is 0.232 e. The highest BCUT2D eigenvalue weighted by molar-refractivity contribution is 6.29. The van der Waals surface area contributed by atoms with Gasteiger partial charge in [-0.25, -0.2) is 9.97 Å². The Morgan fingerprint density at radius 3 is 2.61 bits per heavy atom. The number of carbonyl (C=O) groups excluding carboxylic acids is 1. The summed E-state index contributed by atoms with van der Waals surface area (Å²) in [5.41, 5.74) is 2.37. The van der Waals surface area contributed by atoms with E-state index in [4.69, 9.17) is 21.1 Å². The van der Waals surface area contributed by atoms with Crippen LogP contribution in [0.2, 0.25) is 5.15 Å². The number of carbonyl (C=O) groups is 1. The maximum Gasteiger partial charge on any atom is 0.232 e. The lowest BCUT2D eigenvalue weighted by Gasteiger charge is -2.13. The maximum atomic E-state index is 12.6. The molecule has 0 bridgehead atoms. The molecule has 0 amide bonds. The molecule has 0 saturated carbocycles. The van der Waals surface area contributed by atoms with Gasteiger partial charge in [0.2, 0.25) is 5.88 Å². The van der Waals surface area contributed by atoms with Crippen LogP contribution in [0.3, 0.4) is 0 Å². The Morgan fingerprint density at radius 1 is 1.11 bits per heavy atom. The lowest BCUT2D eigenvalue weighted by atomic mass is 10.1. The van der Waals surface area contributed by atoms with Crippen LogP contribution in [0.5, 0.6) is 5.88 Å². The monoisotopic (exact) mass is 399 g/mol. The molecule has 0 fully saturated rings. The SMILES string of the molecule is CCOc1cncc(-c2ccc(CC(=O)C(OC)c3cncc(Cl)n3)nc2)n1. The van der Waals surface area contributed by atoms with Crippen LogP contribution >= 0.6 is 11.6 Å². The zero-order valence-electron chi connectivity index (χ0n) is 15.4. The van der Waals surface area contributed by atoms with Crippen molar-refractivity contribution in [1.29, 1.82) is 0 Å². The quantitative estimate of drug-likeness (QED) is 0.570. The minimum Gasteiger partial charge on any atom is -0.477 e. The maximum absolute atomic E-state index is 12.6. The van der Waals surface area contributed by atoms with Crippen molar-refractivity contribution in [3.8, 4) is 17.1 Å². The highest BCUT2D eigenvalue weighted by Crippen LogP contribution is 2.21. The number of aromatic nitrogens is 5. The number of hydrogen-bond donors (Lipinski definition) is 0. The average Bonchev–Trinajstić information content (AvgIpc) is 2.70. The second kappa shape index (κ2) is 9.29. The van der Waals surface area contributed by atoms with Crippen LogP contribution in [0.15, 0.2) is 43.1 Å². The first-order valence-corrected chi connectivity index (χ1v) is 8.91. The van der Waals surface area contributed by atoms with Crippen molar-refractivity contribution in [1.82, 2.24) is 24.9 Å². The van der Waals surface area contributed by atoms with E-state index in [-0.39, 0.29) is 17.4 Å². The molecule has 0 N–H and O–H groups in total. The van der Waals surface area contributed by atoms with Crippen molar-refractivity contribution >= 4 is 17.4 Å². The molecule has 3 heterocycles. The molecular formula is C19H18ClN5O3. The van der Waals surface area contributed by atoms with Crippen LogP contribution < -0.4 is 4.74 Å². The van der Waals surface area contributed by atoms with E-state index in [1.165, 1.54) is 19.5 Å². The van der Waals surface area contributed by atoms with Gasteiger partial charge in [0, 0.05) is 24.6 Å². The molecule has 1 atom stereocenters. The zero-order chi connectivity index (χ0) is 19.9. The molecule has 3 rings (SSSR count). The van der Waals surface area contributed by atoms with Gasteiger partial charge in [0.15, 0.2) is 11.9 Å². The molecule has 0 radical (unpaired) electrons. The fraction of sp³-hybridized carbons (Fsp3) is 0.263. The normalized spacial score (nSPS) is 11.8. The van der Waals surface area contributed by atoms with Crippen molar-refractivity contribution in [2.75, 3.05) is 13.7 Å². The first-order chi connectivity index (χ1) is 13.6. The number of nitrogens with zero attached hydrogens (tertiary/aromatic N) is 5. The third-order valence-corrected chi connectivity index (χ3v) is 3.98. The molecule has 0 spiro atoms. The molecule has 0 aliphatic carbocycles. The Bertz CT molecular complexity index is 952. The van der Waals surface area contributed by atoms with Crippen LogP contribution in [0.1, 0.15) is 24.4 Å². The predicted molar refractivity (Wildman–Crippen MR) is 102 cm³/mol. The Labute approximate surface area is 167 Å². The minimum atomic E-state index is -0.860. The summed E-state index contributed by atoms with van der Waals surface area (Å²) >= 11 is 5.84.